The second-order valence-electron chi connectivity index (χ2n) is 4.21. The number of ketones is 1. The smallest absolute Gasteiger partial charge is 0.138 e. The highest BCUT2D eigenvalue weighted by molar-refractivity contribution is 5.85. The first-order valence-electron chi connectivity index (χ1n) is 4.80. The standard InChI is InChI=1S/C10H19NO.ClH/c1-7(2)11-6-8(3)10(12)5-9(11)4;/h7-9H,5-6H2,1-4H3;1H. The molecule has 1 fully saturated rings. The number of piperidine rings is 1. The predicted octanol–water partition coefficient (Wildman–Crippen LogP) is 2.12. The summed E-state index contributed by atoms with van der Waals surface area (Å²) in [5.74, 6) is 0.669. The van der Waals surface area contributed by atoms with E-state index in [0.29, 0.717) is 17.9 Å². The maximum Gasteiger partial charge on any atom is 0.138 e. The fraction of sp³-hybridized carbons (Fsp3) is 0.900. The minimum absolute atomic E-state index is 0. The number of rotatable bonds is 1. The molecule has 0 aliphatic carbocycles. The molecule has 1 saturated heterocycles. The van der Waals surface area contributed by atoms with Crippen LogP contribution in [0.25, 0.3) is 0 Å². The first kappa shape index (κ1) is 12.9. The quantitative estimate of drug-likeness (QED) is 0.654. The molecule has 0 radical (unpaired) electrons. The molecule has 13 heavy (non-hydrogen) atoms. The van der Waals surface area contributed by atoms with E-state index < -0.39 is 0 Å². The molecule has 0 bridgehead atoms. The Balaban J connectivity index is 0.00000144. The van der Waals surface area contributed by atoms with Gasteiger partial charge < -0.3 is 0 Å². The van der Waals surface area contributed by atoms with Crippen LogP contribution in [0.5, 0.6) is 0 Å². The highest BCUT2D eigenvalue weighted by Gasteiger charge is 2.30. The van der Waals surface area contributed by atoms with E-state index in [4.69, 9.17) is 0 Å². The van der Waals surface area contributed by atoms with Crippen LogP contribution in [-0.4, -0.2) is 29.3 Å². The second-order valence-corrected chi connectivity index (χ2v) is 4.21. The first-order valence-corrected chi connectivity index (χ1v) is 4.80. The molecular formula is C10H20ClNO. The number of Topliss-reactive ketones (excluding diaryl/α,β-unsaturated/α-hetero) is 1. The van der Waals surface area contributed by atoms with E-state index >= 15 is 0 Å². The van der Waals surface area contributed by atoms with E-state index in [2.05, 4.69) is 25.7 Å². The fourth-order valence-corrected chi connectivity index (χ4v) is 1.93. The van der Waals surface area contributed by atoms with Crippen LogP contribution in [0.2, 0.25) is 0 Å². The Kier molecular flexibility index (Phi) is 4.93. The molecule has 0 aromatic carbocycles. The van der Waals surface area contributed by atoms with E-state index in [0.717, 1.165) is 13.0 Å². The van der Waals surface area contributed by atoms with E-state index in [1.54, 1.807) is 0 Å². The minimum atomic E-state index is 0. The number of carbonyl (C=O) groups is 1. The van der Waals surface area contributed by atoms with Crippen molar-refractivity contribution < 1.29 is 4.79 Å². The number of nitrogens with zero attached hydrogens (tertiary/aromatic N) is 1. The Bertz CT molecular complexity index is 182. The van der Waals surface area contributed by atoms with Gasteiger partial charge in [-0.1, -0.05) is 6.92 Å². The molecule has 0 aromatic rings. The fourth-order valence-electron chi connectivity index (χ4n) is 1.93. The molecule has 1 aliphatic rings. The molecule has 2 unspecified atom stereocenters. The van der Waals surface area contributed by atoms with Crippen LogP contribution in [0, 0.1) is 5.92 Å². The zero-order chi connectivity index (χ0) is 9.30. The van der Waals surface area contributed by atoms with Gasteiger partial charge in [-0.25, -0.2) is 0 Å². The molecule has 2 nitrogen and oxygen atoms in total. The van der Waals surface area contributed by atoms with Gasteiger partial charge in [-0.15, -0.1) is 12.4 Å². The number of hydrogen-bond donors (Lipinski definition) is 0. The molecule has 0 amide bonds. The lowest BCUT2D eigenvalue weighted by molar-refractivity contribution is -0.127. The molecule has 0 aromatic heterocycles. The van der Waals surface area contributed by atoms with Crippen molar-refractivity contribution in [2.45, 2.75) is 46.2 Å². The molecule has 0 N–H and O–H groups in total. The van der Waals surface area contributed by atoms with Gasteiger partial charge in [0.2, 0.25) is 0 Å². The molecule has 78 valence electrons. The number of halogens is 1. The van der Waals surface area contributed by atoms with Crippen LogP contribution in [-0.2, 0) is 4.79 Å². The highest BCUT2D eigenvalue weighted by Crippen LogP contribution is 2.20. The van der Waals surface area contributed by atoms with Crippen LogP contribution in [0.4, 0.5) is 0 Å². The molecular weight excluding hydrogens is 186 g/mol. The van der Waals surface area contributed by atoms with Gasteiger partial charge >= 0.3 is 0 Å². The van der Waals surface area contributed by atoms with Crippen LogP contribution in [0.15, 0.2) is 0 Å². The van der Waals surface area contributed by atoms with Gasteiger partial charge in [0.15, 0.2) is 0 Å². The number of carbonyl (C=O) groups excluding carboxylic acids is 1. The van der Waals surface area contributed by atoms with Gasteiger partial charge in [0.25, 0.3) is 0 Å². The average Bonchev–Trinajstić information content (AvgIpc) is 1.96. The molecule has 2 atom stereocenters. The Morgan fingerprint density at radius 1 is 1.38 bits per heavy atom. The van der Waals surface area contributed by atoms with E-state index in [9.17, 15) is 4.79 Å². The van der Waals surface area contributed by atoms with Crippen molar-refractivity contribution in [1.29, 1.82) is 0 Å². The normalized spacial score (nSPS) is 30.4. The van der Waals surface area contributed by atoms with Crippen LogP contribution >= 0.6 is 12.4 Å². The molecule has 1 rings (SSSR count). The Morgan fingerprint density at radius 3 is 2.38 bits per heavy atom. The molecule has 1 heterocycles. The van der Waals surface area contributed by atoms with Crippen LogP contribution < -0.4 is 0 Å². The summed E-state index contributed by atoms with van der Waals surface area (Å²) < 4.78 is 0. The van der Waals surface area contributed by atoms with Gasteiger partial charge in [-0.3, -0.25) is 9.69 Å². The van der Waals surface area contributed by atoms with E-state index in [-0.39, 0.29) is 18.3 Å². The zero-order valence-corrected chi connectivity index (χ0v) is 9.73. The third-order valence-corrected chi connectivity index (χ3v) is 2.76. The van der Waals surface area contributed by atoms with Gasteiger partial charge in [0.05, 0.1) is 0 Å². The molecule has 1 aliphatic heterocycles. The number of likely N-dealkylation sites (tertiary alicyclic amines) is 1. The maximum absolute atomic E-state index is 11.3. The summed E-state index contributed by atoms with van der Waals surface area (Å²) >= 11 is 0. The minimum Gasteiger partial charge on any atom is -0.299 e. The largest absolute Gasteiger partial charge is 0.299 e. The Morgan fingerprint density at radius 2 is 1.92 bits per heavy atom. The second kappa shape index (κ2) is 4.97. The summed E-state index contributed by atoms with van der Waals surface area (Å²) in [5.41, 5.74) is 0. The maximum atomic E-state index is 11.3. The average molecular weight is 206 g/mol. The molecule has 0 saturated carbocycles. The molecule has 0 spiro atoms. The Labute approximate surface area is 87.1 Å². The summed E-state index contributed by atoms with van der Waals surface area (Å²) in [4.78, 5) is 13.8. The third kappa shape index (κ3) is 2.96. The first-order chi connectivity index (χ1) is 5.52. The van der Waals surface area contributed by atoms with Crippen molar-refractivity contribution in [2.24, 2.45) is 5.92 Å². The van der Waals surface area contributed by atoms with Gasteiger partial charge in [0.1, 0.15) is 5.78 Å². The molecule has 3 heteroatoms. The highest BCUT2D eigenvalue weighted by atomic mass is 35.5. The lowest BCUT2D eigenvalue weighted by Crippen LogP contribution is -2.48. The summed E-state index contributed by atoms with van der Waals surface area (Å²) in [6.45, 7) is 9.50. The third-order valence-electron chi connectivity index (χ3n) is 2.76. The summed E-state index contributed by atoms with van der Waals surface area (Å²) in [6, 6.07) is 1.00. The van der Waals surface area contributed by atoms with E-state index in [1.165, 1.54) is 0 Å². The summed E-state index contributed by atoms with van der Waals surface area (Å²) in [6.07, 6.45) is 0.735. The zero-order valence-electron chi connectivity index (χ0n) is 8.91. The van der Waals surface area contributed by atoms with Crippen molar-refractivity contribution in [3.8, 4) is 0 Å². The number of hydrogen-bond acceptors (Lipinski definition) is 2. The van der Waals surface area contributed by atoms with Crippen molar-refractivity contribution >= 4 is 18.2 Å². The van der Waals surface area contributed by atoms with Crippen LogP contribution in [0.3, 0.4) is 0 Å². The van der Waals surface area contributed by atoms with E-state index in [1.807, 2.05) is 6.92 Å². The Hall–Kier alpha value is -0.0800. The van der Waals surface area contributed by atoms with Crippen molar-refractivity contribution in [3.63, 3.8) is 0 Å². The van der Waals surface area contributed by atoms with Gasteiger partial charge in [-0.2, -0.15) is 0 Å². The lowest BCUT2D eigenvalue weighted by Gasteiger charge is -2.38. The lowest BCUT2D eigenvalue weighted by atomic mass is 9.92. The van der Waals surface area contributed by atoms with Gasteiger partial charge in [-0.05, 0) is 20.8 Å². The SMILES string of the molecule is CC1CN(C(C)C)C(C)CC1=O.Cl. The van der Waals surface area contributed by atoms with Crippen molar-refractivity contribution in [1.82, 2.24) is 4.90 Å². The predicted molar refractivity (Wildman–Crippen MR) is 57.3 cm³/mol. The van der Waals surface area contributed by atoms with Crippen LogP contribution in [0.1, 0.15) is 34.1 Å². The topological polar surface area (TPSA) is 20.3 Å². The monoisotopic (exact) mass is 205 g/mol. The summed E-state index contributed by atoms with van der Waals surface area (Å²) in [7, 11) is 0. The van der Waals surface area contributed by atoms with Crippen molar-refractivity contribution in [2.75, 3.05) is 6.54 Å². The summed E-state index contributed by atoms with van der Waals surface area (Å²) in [5, 5.41) is 0. The van der Waals surface area contributed by atoms with Crippen molar-refractivity contribution in [3.05, 3.63) is 0 Å². The van der Waals surface area contributed by atoms with Gasteiger partial charge in [0, 0.05) is 31.0 Å².